The van der Waals surface area contributed by atoms with Crippen LogP contribution in [-0.4, -0.2) is 0 Å². The van der Waals surface area contributed by atoms with Crippen LogP contribution in [0.2, 0.25) is 0 Å². The second kappa shape index (κ2) is 6.83. The van der Waals surface area contributed by atoms with Crippen molar-refractivity contribution in [2.75, 3.05) is 0 Å². The quantitative estimate of drug-likeness (QED) is 0.562. The number of allylic oxidation sites excluding steroid dienone is 10. The van der Waals surface area contributed by atoms with Crippen molar-refractivity contribution >= 4 is 0 Å². The maximum absolute atomic E-state index is 3.94. The Balaban J connectivity index is 0.00000162. The van der Waals surface area contributed by atoms with E-state index in [0.29, 0.717) is 0 Å². The van der Waals surface area contributed by atoms with Crippen LogP contribution in [0.5, 0.6) is 0 Å². The van der Waals surface area contributed by atoms with Crippen molar-refractivity contribution in [1.29, 1.82) is 0 Å². The summed E-state index contributed by atoms with van der Waals surface area (Å²) in [7, 11) is 0. The molecule has 0 saturated heterocycles. The first-order valence-electron chi connectivity index (χ1n) is 6.13. The fourth-order valence-electron chi connectivity index (χ4n) is 2.33. The Hall–Kier alpha value is -1.78. The number of hydrogen-bond donors (Lipinski definition) is 0. The zero-order chi connectivity index (χ0) is 12.1. The molecule has 0 heterocycles. The van der Waals surface area contributed by atoms with Crippen LogP contribution in [0.3, 0.4) is 0 Å². The third-order valence-corrected chi connectivity index (χ3v) is 3.25. The summed E-state index contributed by atoms with van der Waals surface area (Å²) in [5, 5.41) is 0. The van der Waals surface area contributed by atoms with Crippen LogP contribution in [0.25, 0.3) is 0 Å². The zero-order valence-electron chi connectivity index (χ0n) is 10.4. The highest BCUT2D eigenvalue weighted by Gasteiger charge is 2.14. The van der Waals surface area contributed by atoms with E-state index in [1.54, 1.807) is 0 Å². The highest BCUT2D eigenvalue weighted by Crippen LogP contribution is 2.33. The first-order chi connectivity index (χ1) is 8.35. The summed E-state index contributed by atoms with van der Waals surface area (Å²) in [4.78, 5) is 0. The predicted molar refractivity (Wildman–Crippen MR) is 81.4 cm³/mol. The van der Waals surface area contributed by atoms with E-state index in [1.807, 2.05) is 18.2 Å². The normalized spacial score (nSPS) is 18.5. The van der Waals surface area contributed by atoms with Gasteiger partial charge in [0.1, 0.15) is 0 Å². The third kappa shape index (κ3) is 3.12. The molecule has 0 N–H and O–H groups in total. The molecule has 0 bridgehead atoms. The summed E-state index contributed by atoms with van der Waals surface area (Å²) >= 11 is 0. The molecular formula is C18H22. The lowest BCUT2D eigenvalue weighted by molar-refractivity contribution is 0.969. The molecule has 0 heteroatoms. The molecule has 0 saturated carbocycles. The van der Waals surface area contributed by atoms with Gasteiger partial charge in [-0.1, -0.05) is 44.4 Å². The summed E-state index contributed by atoms with van der Waals surface area (Å²) in [5.41, 5.74) is 8.76. The van der Waals surface area contributed by atoms with E-state index in [9.17, 15) is 0 Å². The average Bonchev–Trinajstić information content (AvgIpc) is 2.63. The average molecular weight is 238 g/mol. The van der Waals surface area contributed by atoms with E-state index in [1.165, 1.54) is 22.3 Å². The van der Waals surface area contributed by atoms with Crippen molar-refractivity contribution in [1.82, 2.24) is 0 Å². The SMILES string of the molecule is C.C=CC1=C(/C=C\C)CC2=CC=C=CC=C2CC1. The summed E-state index contributed by atoms with van der Waals surface area (Å²) in [6.45, 7) is 6.00. The molecule has 2 rings (SSSR count). The zero-order valence-corrected chi connectivity index (χ0v) is 10.4. The molecule has 0 aromatic heterocycles. The Morgan fingerprint density at radius 2 is 1.83 bits per heavy atom. The molecule has 0 unspecified atom stereocenters. The monoisotopic (exact) mass is 238 g/mol. The van der Waals surface area contributed by atoms with Crippen LogP contribution >= 0.6 is 0 Å². The van der Waals surface area contributed by atoms with Gasteiger partial charge in [0.05, 0.1) is 0 Å². The maximum atomic E-state index is 3.94. The molecule has 0 nitrogen and oxygen atoms in total. The molecule has 0 amide bonds. The lowest BCUT2D eigenvalue weighted by atomic mass is 9.98. The van der Waals surface area contributed by atoms with Crippen LogP contribution in [0.15, 0.2) is 77.1 Å². The van der Waals surface area contributed by atoms with Crippen LogP contribution in [-0.2, 0) is 0 Å². The van der Waals surface area contributed by atoms with Gasteiger partial charge in [-0.25, -0.2) is 0 Å². The van der Waals surface area contributed by atoms with Crippen molar-refractivity contribution in [3.63, 3.8) is 0 Å². The summed E-state index contributed by atoms with van der Waals surface area (Å²) in [5.74, 6) is 0. The molecule has 2 aliphatic carbocycles. The van der Waals surface area contributed by atoms with Gasteiger partial charge in [-0.3, -0.25) is 0 Å². The Morgan fingerprint density at radius 3 is 2.50 bits per heavy atom. The van der Waals surface area contributed by atoms with Crippen LogP contribution in [0.4, 0.5) is 0 Å². The molecule has 18 heavy (non-hydrogen) atoms. The summed E-state index contributed by atoms with van der Waals surface area (Å²) in [6.07, 6.45) is 17.9. The number of hydrogen-bond acceptors (Lipinski definition) is 0. The molecule has 0 spiro atoms. The molecule has 2 aliphatic rings. The van der Waals surface area contributed by atoms with Gasteiger partial charge in [-0.15, -0.1) is 5.73 Å². The van der Waals surface area contributed by atoms with Crippen molar-refractivity contribution in [3.05, 3.63) is 77.1 Å². The smallest absolute Gasteiger partial charge is 0.00202 e. The molecule has 0 aromatic carbocycles. The fraction of sp³-hybridized carbons (Fsp3) is 0.278. The predicted octanol–water partition coefficient (Wildman–Crippen LogP) is 5.44. The van der Waals surface area contributed by atoms with Crippen LogP contribution < -0.4 is 0 Å². The van der Waals surface area contributed by atoms with Gasteiger partial charge in [0.15, 0.2) is 0 Å². The summed E-state index contributed by atoms with van der Waals surface area (Å²) in [6, 6.07) is 0. The third-order valence-electron chi connectivity index (χ3n) is 3.25. The van der Waals surface area contributed by atoms with Crippen molar-refractivity contribution in [2.24, 2.45) is 0 Å². The topological polar surface area (TPSA) is 0 Å². The van der Waals surface area contributed by atoms with Gasteiger partial charge < -0.3 is 0 Å². The lowest BCUT2D eigenvalue weighted by Crippen LogP contribution is -1.88. The van der Waals surface area contributed by atoms with E-state index in [2.05, 4.69) is 43.5 Å². The molecule has 94 valence electrons. The van der Waals surface area contributed by atoms with Crippen LogP contribution in [0.1, 0.15) is 33.6 Å². The minimum atomic E-state index is 0. The van der Waals surface area contributed by atoms with Gasteiger partial charge in [0, 0.05) is 0 Å². The van der Waals surface area contributed by atoms with E-state index in [4.69, 9.17) is 0 Å². The molecular weight excluding hydrogens is 216 g/mol. The Bertz CT molecular complexity index is 498. The highest BCUT2D eigenvalue weighted by molar-refractivity contribution is 5.48. The number of fused-ring (bicyclic) bond motifs is 1. The Morgan fingerprint density at radius 1 is 1.11 bits per heavy atom. The minimum absolute atomic E-state index is 0. The van der Waals surface area contributed by atoms with Crippen molar-refractivity contribution in [2.45, 2.75) is 33.6 Å². The fourth-order valence-corrected chi connectivity index (χ4v) is 2.33. The molecule has 0 atom stereocenters. The van der Waals surface area contributed by atoms with Gasteiger partial charge in [-0.2, -0.15) is 0 Å². The molecule has 0 aliphatic heterocycles. The van der Waals surface area contributed by atoms with Gasteiger partial charge in [-0.05, 0) is 60.6 Å². The highest BCUT2D eigenvalue weighted by atomic mass is 14.2. The summed E-state index contributed by atoms with van der Waals surface area (Å²) < 4.78 is 0. The minimum Gasteiger partial charge on any atom is -0.121 e. The maximum Gasteiger partial charge on any atom is -0.00202 e. The van der Waals surface area contributed by atoms with Gasteiger partial charge in [0.2, 0.25) is 0 Å². The molecule has 0 radical (unpaired) electrons. The van der Waals surface area contributed by atoms with Gasteiger partial charge >= 0.3 is 0 Å². The number of rotatable bonds is 2. The Labute approximate surface area is 111 Å². The van der Waals surface area contributed by atoms with E-state index >= 15 is 0 Å². The Kier molecular flexibility index (Phi) is 5.42. The van der Waals surface area contributed by atoms with Crippen molar-refractivity contribution in [3.8, 4) is 0 Å². The van der Waals surface area contributed by atoms with Crippen molar-refractivity contribution < 1.29 is 0 Å². The first kappa shape index (κ1) is 14.3. The van der Waals surface area contributed by atoms with Crippen LogP contribution in [0, 0.1) is 0 Å². The molecule has 0 aromatic rings. The van der Waals surface area contributed by atoms with E-state index in [-0.39, 0.29) is 7.43 Å². The second-order valence-corrected chi connectivity index (χ2v) is 4.32. The second-order valence-electron chi connectivity index (χ2n) is 4.32. The molecule has 0 fully saturated rings. The first-order valence-corrected chi connectivity index (χ1v) is 6.13. The lowest BCUT2D eigenvalue weighted by Gasteiger charge is -2.07. The standard InChI is InChI=1S/C17H18.CH4/c1-3-8-16-13-17-10-7-5-6-9-15(17)12-11-14(16)4-2;/h3-4,6-10H,2,11-13H2,1H3;1H4/b8-3-;. The van der Waals surface area contributed by atoms with Gasteiger partial charge in [0.25, 0.3) is 0 Å². The van der Waals surface area contributed by atoms with E-state index in [0.717, 1.165) is 19.3 Å². The van der Waals surface area contributed by atoms with E-state index < -0.39 is 0 Å². The largest absolute Gasteiger partial charge is 0.121 e.